The molecule has 0 fully saturated rings. The standard InChI is InChI=1S/C15H12FN3O/c1-19-14-5-3-2-4-12(14)13(18-19)7-15(20)10-6-11(16)9-17-8-10/h2-6,8-9H,7H2,1H3. The fraction of sp³-hybridized carbons (Fsp3) is 0.133. The molecule has 4 nitrogen and oxygen atoms in total. The summed E-state index contributed by atoms with van der Waals surface area (Å²) >= 11 is 0. The zero-order chi connectivity index (χ0) is 14.1. The monoisotopic (exact) mass is 269 g/mol. The SMILES string of the molecule is Cn1nc(CC(=O)c2cncc(F)c2)c2ccccc21. The van der Waals surface area contributed by atoms with Gasteiger partial charge in [-0.15, -0.1) is 0 Å². The van der Waals surface area contributed by atoms with Gasteiger partial charge in [-0.2, -0.15) is 5.10 Å². The molecule has 0 amide bonds. The molecule has 2 aromatic heterocycles. The van der Waals surface area contributed by atoms with Crippen LogP contribution in [0.15, 0.2) is 42.7 Å². The van der Waals surface area contributed by atoms with Crippen molar-refractivity contribution >= 4 is 16.7 Å². The maximum Gasteiger partial charge on any atom is 0.170 e. The molecule has 3 rings (SSSR count). The number of carbonyl (C=O) groups is 1. The Hall–Kier alpha value is -2.56. The van der Waals surface area contributed by atoms with Gasteiger partial charge in [-0.05, 0) is 12.1 Å². The number of carbonyl (C=O) groups excluding carboxylic acids is 1. The third-order valence-corrected chi connectivity index (χ3v) is 3.19. The molecular weight excluding hydrogens is 257 g/mol. The van der Waals surface area contributed by atoms with Crippen molar-refractivity contribution in [2.75, 3.05) is 0 Å². The number of hydrogen-bond acceptors (Lipinski definition) is 3. The molecule has 0 bridgehead atoms. The van der Waals surface area contributed by atoms with E-state index in [0.717, 1.165) is 17.1 Å². The number of aryl methyl sites for hydroxylation is 1. The van der Waals surface area contributed by atoms with Crippen LogP contribution in [-0.4, -0.2) is 20.5 Å². The topological polar surface area (TPSA) is 47.8 Å². The number of rotatable bonds is 3. The van der Waals surface area contributed by atoms with E-state index in [1.165, 1.54) is 12.3 Å². The largest absolute Gasteiger partial charge is 0.294 e. The summed E-state index contributed by atoms with van der Waals surface area (Å²) in [7, 11) is 1.83. The molecule has 20 heavy (non-hydrogen) atoms. The molecular formula is C15H12FN3O. The van der Waals surface area contributed by atoms with Gasteiger partial charge in [0.05, 0.1) is 23.8 Å². The van der Waals surface area contributed by atoms with Crippen molar-refractivity contribution in [1.82, 2.24) is 14.8 Å². The highest BCUT2D eigenvalue weighted by molar-refractivity contribution is 5.99. The second-order valence-electron chi connectivity index (χ2n) is 4.58. The van der Waals surface area contributed by atoms with Gasteiger partial charge in [-0.25, -0.2) is 4.39 Å². The molecule has 0 saturated carbocycles. The van der Waals surface area contributed by atoms with E-state index in [2.05, 4.69) is 10.1 Å². The van der Waals surface area contributed by atoms with Crippen LogP contribution in [0.25, 0.3) is 10.9 Å². The third kappa shape index (κ3) is 2.18. The number of halogens is 1. The zero-order valence-corrected chi connectivity index (χ0v) is 10.9. The number of para-hydroxylation sites is 1. The number of fused-ring (bicyclic) bond motifs is 1. The van der Waals surface area contributed by atoms with Crippen LogP contribution in [0.2, 0.25) is 0 Å². The summed E-state index contributed by atoms with van der Waals surface area (Å²) in [5.74, 6) is -0.706. The van der Waals surface area contributed by atoms with E-state index >= 15 is 0 Å². The Morgan fingerprint density at radius 3 is 2.90 bits per heavy atom. The van der Waals surface area contributed by atoms with Crippen LogP contribution in [0.1, 0.15) is 16.1 Å². The molecule has 0 radical (unpaired) electrons. The molecule has 2 heterocycles. The van der Waals surface area contributed by atoms with Crippen LogP contribution in [-0.2, 0) is 13.5 Å². The minimum Gasteiger partial charge on any atom is -0.294 e. The summed E-state index contributed by atoms with van der Waals surface area (Å²) in [6.45, 7) is 0. The Morgan fingerprint density at radius 1 is 1.30 bits per heavy atom. The average Bonchev–Trinajstić information content (AvgIpc) is 2.76. The summed E-state index contributed by atoms with van der Waals surface area (Å²) in [6, 6.07) is 8.89. The molecule has 0 unspecified atom stereocenters. The highest BCUT2D eigenvalue weighted by atomic mass is 19.1. The van der Waals surface area contributed by atoms with E-state index < -0.39 is 5.82 Å². The molecule has 0 N–H and O–H groups in total. The first-order valence-corrected chi connectivity index (χ1v) is 6.19. The summed E-state index contributed by atoms with van der Waals surface area (Å²) < 4.78 is 14.8. The van der Waals surface area contributed by atoms with Crippen molar-refractivity contribution in [3.05, 3.63) is 59.8 Å². The highest BCUT2D eigenvalue weighted by Gasteiger charge is 2.14. The molecule has 0 aliphatic heterocycles. The molecule has 100 valence electrons. The fourth-order valence-electron chi connectivity index (χ4n) is 2.24. The van der Waals surface area contributed by atoms with Gasteiger partial charge in [0.25, 0.3) is 0 Å². The Bertz CT molecular complexity index is 795. The van der Waals surface area contributed by atoms with E-state index in [1.807, 2.05) is 31.3 Å². The first kappa shape index (κ1) is 12.5. The third-order valence-electron chi connectivity index (χ3n) is 3.19. The molecule has 1 aromatic carbocycles. The van der Waals surface area contributed by atoms with Gasteiger partial charge in [0.2, 0.25) is 0 Å². The first-order chi connectivity index (χ1) is 9.65. The highest BCUT2D eigenvalue weighted by Crippen LogP contribution is 2.19. The lowest BCUT2D eigenvalue weighted by Crippen LogP contribution is -2.06. The molecule has 0 saturated heterocycles. The number of ketones is 1. The molecule has 0 atom stereocenters. The Morgan fingerprint density at radius 2 is 2.10 bits per heavy atom. The summed E-state index contributed by atoms with van der Waals surface area (Å²) in [4.78, 5) is 15.9. The van der Waals surface area contributed by atoms with E-state index in [1.54, 1.807) is 4.68 Å². The summed E-state index contributed by atoms with van der Waals surface area (Å²) in [6.07, 6.45) is 2.58. The quantitative estimate of drug-likeness (QED) is 0.686. The normalized spacial score (nSPS) is 10.9. The zero-order valence-electron chi connectivity index (χ0n) is 10.9. The number of benzene rings is 1. The molecule has 0 aliphatic rings. The van der Waals surface area contributed by atoms with Crippen LogP contribution in [0, 0.1) is 5.82 Å². The van der Waals surface area contributed by atoms with Crippen molar-refractivity contribution in [3.8, 4) is 0 Å². The van der Waals surface area contributed by atoms with Crippen molar-refractivity contribution in [2.45, 2.75) is 6.42 Å². The van der Waals surface area contributed by atoms with Gasteiger partial charge in [0.15, 0.2) is 5.78 Å². The number of Topliss-reactive ketones (excluding diaryl/α,β-unsaturated/α-hetero) is 1. The van der Waals surface area contributed by atoms with Crippen molar-refractivity contribution < 1.29 is 9.18 Å². The number of pyridine rings is 1. The summed E-state index contributed by atoms with van der Waals surface area (Å²) in [5.41, 5.74) is 1.92. The minimum absolute atomic E-state index is 0.131. The van der Waals surface area contributed by atoms with Crippen LogP contribution in [0.4, 0.5) is 4.39 Å². The smallest absolute Gasteiger partial charge is 0.170 e. The van der Waals surface area contributed by atoms with E-state index in [4.69, 9.17) is 0 Å². The lowest BCUT2D eigenvalue weighted by Gasteiger charge is -1.99. The van der Waals surface area contributed by atoms with Crippen LogP contribution in [0.5, 0.6) is 0 Å². The number of nitrogens with zero attached hydrogens (tertiary/aromatic N) is 3. The minimum atomic E-state index is -0.512. The fourth-order valence-corrected chi connectivity index (χ4v) is 2.24. The van der Waals surface area contributed by atoms with Gasteiger partial charge >= 0.3 is 0 Å². The molecule has 0 spiro atoms. The van der Waals surface area contributed by atoms with E-state index in [9.17, 15) is 9.18 Å². The maximum atomic E-state index is 13.1. The van der Waals surface area contributed by atoms with Gasteiger partial charge < -0.3 is 0 Å². The Kier molecular flexibility index (Phi) is 3.02. The molecule has 5 heteroatoms. The Balaban J connectivity index is 1.95. The predicted molar refractivity (Wildman–Crippen MR) is 72.9 cm³/mol. The predicted octanol–water partition coefficient (Wildman–Crippen LogP) is 2.53. The average molecular weight is 269 g/mol. The second kappa shape index (κ2) is 4.85. The van der Waals surface area contributed by atoms with Crippen molar-refractivity contribution in [1.29, 1.82) is 0 Å². The van der Waals surface area contributed by atoms with Gasteiger partial charge in [-0.1, -0.05) is 18.2 Å². The van der Waals surface area contributed by atoms with Gasteiger partial charge in [-0.3, -0.25) is 14.5 Å². The van der Waals surface area contributed by atoms with Gasteiger partial charge in [0.1, 0.15) is 5.82 Å². The van der Waals surface area contributed by atoms with Crippen molar-refractivity contribution in [3.63, 3.8) is 0 Å². The van der Waals surface area contributed by atoms with E-state index in [-0.39, 0.29) is 17.8 Å². The number of hydrogen-bond donors (Lipinski definition) is 0. The second-order valence-corrected chi connectivity index (χ2v) is 4.58. The van der Waals surface area contributed by atoms with Gasteiger partial charge in [0, 0.05) is 24.2 Å². The lowest BCUT2D eigenvalue weighted by molar-refractivity contribution is 0.0991. The lowest BCUT2D eigenvalue weighted by atomic mass is 10.1. The molecule has 3 aromatic rings. The van der Waals surface area contributed by atoms with Crippen LogP contribution in [0.3, 0.4) is 0 Å². The number of aromatic nitrogens is 3. The first-order valence-electron chi connectivity index (χ1n) is 6.19. The van der Waals surface area contributed by atoms with E-state index in [0.29, 0.717) is 5.69 Å². The van der Waals surface area contributed by atoms with Crippen LogP contribution >= 0.6 is 0 Å². The molecule has 0 aliphatic carbocycles. The summed E-state index contributed by atoms with van der Waals surface area (Å²) in [5, 5.41) is 5.30. The van der Waals surface area contributed by atoms with Crippen LogP contribution < -0.4 is 0 Å². The maximum absolute atomic E-state index is 13.1. The Labute approximate surface area is 114 Å². The van der Waals surface area contributed by atoms with Crippen molar-refractivity contribution in [2.24, 2.45) is 7.05 Å².